The minimum Gasteiger partial charge on any atom is -0.338 e. The number of amides is 1. The van der Waals surface area contributed by atoms with E-state index in [9.17, 15) is 34.8 Å². The van der Waals surface area contributed by atoms with E-state index in [2.05, 4.69) is 0 Å². The van der Waals surface area contributed by atoms with Crippen molar-refractivity contribution in [2.45, 2.75) is 53.7 Å². The molecule has 0 aromatic heterocycles. The molecule has 0 unspecified atom stereocenters. The maximum atomic E-state index is 13.4. The Morgan fingerprint density at radius 2 is 1.51 bits per heavy atom. The number of hydrogen-bond donors (Lipinski definition) is 0. The van der Waals surface area contributed by atoms with Crippen LogP contribution in [0.5, 0.6) is 0 Å². The Morgan fingerprint density at radius 1 is 0.914 bits per heavy atom. The summed E-state index contributed by atoms with van der Waals surface area (Å²) in [4.78, 5) is 14.1. The Hall–Kier alpha value is -2.44. The number of benzene rings is 2. The zero-order valence-electron chi connectivity index (χ0n) is 18.9. The number of alkyl halides is 3. The topological polar surface area (TPSA) is 91.8 Å². The molecule has 2 aromatic carbocycles. The first kappa shape index (κ1) is 25.6. The molecule has 1 saturated carbocycles. The molecule has 190 valence electrons. The second-order valence-electron chi connectivity index (χ2n) is 8.88. The minimum atomic E-state index is -4.66. The van der Waals surface area contributed by atoms with Gasteiger partial charge < -0.3 is 4.90 Å². The van der Waals surface area contributed by atoms with Crippen molar-refractivity contribution >= 4 is 25.8 Å². The summed E-state index contributed by atoms with van der Waals surface area (Å²) in [5, 5.41) is 0. The van der Waals surface area contributed by atoms with Gasteiger partial charge in [-0.05, 0) is 56.0 Å². The molecular formula is C23H25F3N2O5S2. The van der Waals surface area contributed by atoms with Crippen LogP contribution in [0.25, 0.3) is 0 Å². The third kappa shape index (κ3) is 5.39. The van der Waals surface area contributed by atoms with Crippen molar-refractivity contribution in [3.8, 4) is 0 Å². The van der Waals surface area contributed by atoms with Crippen LogP contribution in [0.2, 0.25) is 0 Å². The number of likely N-dealkylation sites (tertiary alicyclic amines) is 1. The summed E-state index contributed by atoms with van der Waals surface area (Å²) in [6, 6.07) is 8.90. The molecule has 0 spiro atoms. The molecule has 1 saturated heterocycles. The lowest BCUT2D eigenvalue weighted by Crippen LogP contribution is -2.49. The van der Waals surface area contributed by atoms with Gasteiger partial charge in [0.25, 0.3) is 5.91 Å². The minimum absolute atomic E-state index is 0.0593. The standard InChI is InChI=1S/C23H25F3N2O5S2/c1-34(30,31)21-8-3-2-7-20(21)22(29)27-13-11-18(12-14-27)28(17-9-10-17)35(32,33)19-6-4-5-16(15-19)23(24,25)26/h2-8,15,17-18H,9-14H2,1H3. The van der Waals surface area contributed by atoms with Gasteiger partial charge in [0.1, 0.15) is 0 Å². The average molecular weight is 531 g/mol. The van der Waals surface area contributed by atoms with Gasteiger partial charge in [-0.2, -0.15) is 17.5 Å². The van der Waals surface area contributed by atoms with E-state index in [1.54, 1.807) is 6.07 Å². The third-order valence-corrected chi connectivity index (χ3v) is 9.43. The van der Waals surface area contributed by atoms with Crippen LogP contribution in [0.3, 0.4) is 0 Å². The Bertz CT molecular complexity index is 1330. The van der Waals surface area contributed by atoms with E-state index in [0.717, 1.165) is 18.4 Å². The number of hydrogen-bond acceptors (Lipinski definition) is 5. The van der Waals surface area contributed by atoms with Crippen molar-refractivity contribution in [2.24, 2.45) is 0 Å². The highest BCUT2D eigenvalue weighted by Crippen LogP contribution is 2.38. The fraction of sp³-hybridized carbons (Fsp3) is 0.435. The molecule has 12 heteroatoms. The zero-order chi connectivity index (χ0) is 25.6. The normalized spacial score (nSPS) is 18.1. The van der Waals surface area contributed by atoms with Crippen molar-refractivity contribution in [1.82, 2.24) is 9.21 Å². The third-order valence-electron chi connectivity index (χ3n) is 6.27. The number of carbonyl (C=O) groups is 1. The Labute approximate surface area is 202 Å². The van der Waals surface area contributed by atoms with E-state index in [4.69, 9.17) is 0 Å². The van der Waals surface area contributed by atoms with Gasteiger partial charge in [0.2, 0.25) is 10.0 Å². The molecule has 7 nitrogen and oxygen atoms in total. The van der Waals surface area contributed by atoms with E-state index < -0.39 is 48.4 Å². The van der Waals surface area contributed by atoms with Crippen LogP contribution in [0.1, 0.15) is 41.6 Å². The van der Waals surface area contributed by atoms with Gasteiger partial charge in [0.15, 0.2) is 9.84 Å². The van der Waals surface area contributed by atoms with Crippen LogP contribution in [-0.2, 0) is 26.0 Å². The number of halogens is 3. The fourth-order valence-electron chi connectivity index (χ4n) is 4.43. The average Bonchev–Trinajstić information content (AvgIpc) is 3.63. The highest BCUT2D eigenvalue weighted by atomic mass is 32.2. The molecule has 4 rings (SSSR count). The van der Waals surface area contributed by atoms with Gasteiger partial charge in [0, 0.05) is 31.4 Å². The second kappa shape index (κ2) is 9.21. The smallest absolute Gasteiger partial charge is 0.338 e. The molecule has 2 aliphatic rings. The molecule has 2 fully saturated rings. The van der Waals surface area contributed by atoms with Gasteiger partial charge in [-0.3, -0.25) is 4.79 Å². The first-order valence-corrected chi connectivity index (χ1v) is 14.4. The largest absolute Gasteiger partial charge is 0.416 e. The molecule has 1 aliphatic carbocycles. The lowest BCUT2D eigenvalue weighted by atomic mass is 10.0. The molecule has 1 amide bonds. The van der Waals surface area contributed by atoms with Crippen LogP contribution in [0.15, 0.2) is 58.3 Å². The Morgan fingerprint density at radius 3 is 2.09 bits per heavy atom. The predicted octanol–water partition coefficient (Wildman–Crippen LogP) is 3.57. The predicted molar refractivity (Wildman–Crippen MR) is 122 cm³/mol. The lowest BCUT2D eigenvalue weighted by molar-refractivity contribution is -0.137. The van der Waals surface area contributed by atoms with Crippen LogP contribution < -0.4 is 0 Å². The maximum Gasteiger partial charge on any atom is 0.416 e. The second-order valence-corrected chi connectivity index (χ2v) is 12.7. The number of nitrogens with zero attached hydrogens (tertiary/aromatic N) is 2. The van der Waals surface area contributed by atoms with Gasteiger partial charge >= 0.3 is 6.18 Å². The number of carbonyl (C=O) groups excluding carboxylic acids is 1. The lowest BCUT2D eigenvalue weighted by Gasteiger charge is -2.38. The molecule has 1 heterocycles. The van der Waals surface area contributed by atoms with Gasteiger partial charge in [0.05, 0.1) is 20.9 Å². The fourth-order valence-corrected chi connectivity index (χ4v) is 7.29. The van der Waals surface area contributed by atoms with Gasteiger partial charge in [-0.25, -0.2) is 16.8 Å². The summed E-state index contributed by atoms with van der Waals surface area (Å²) in [6.07, 6.45) is -1.80. The molecule has 0 radical (unpaired) electrons. The van der Waals surface area contributed by atoms with E-state index in [1.807, 2.05) is 0 Å². The summed E-state index contributed by atoms with van der Waals surface area (Å²) < 4.78 is 91.7. The van der Waals surface area contributed by atoms with Gasteiger partial charge in [-0.1, -0.05) is 18.2 Å². The summed E-state index contributed by atoms with van der Waals surface area (Å²) in [5.74, 6) is -0.455. The summed E-state index contributed by atoms with van der Waals surface area (Å²) in [7, 11) is -7.81. The summed E-state index contributed by atoms with van der Waals surface area (Å²) in [5.41, 5.74) is -0.969. The number of sulfonamides is 1. The zero-order valence-corrected chi connectivity index (χ0v) is 20.5. The van der Waals surface area contributed by atoms with E-state index in [1.165, 1.54) is 33.5 Å². The summed E-state index contributed by atoms with van der Waals surface area (Å²) >= 11 is 0. The van der Waals surface area contributed by atoms with Crippen molar-refractivity contribution in [3.63, 3.8) is 0 Å². The number of piperidine rings is 1. The molecule has 0 N–H and O–H groups in total. The SMILES string of the molecule is CS(=O)(=O)c1ccccc1C(=O)N1CCC(N(C2CC2)S(=O)(=O)c2cccc(C(F)(F)F)c2)CC1. The molecule has 35 heavy (non-hydrogen) atoms. The van der Waals surface area contributed by atoms with Crippen molar-refractivity contribution in [2.75, 3.05) is 19.3 Å². The quantitative estimate of drug-likeness (QED) is 0.570. The van der Waals surface area contributed by atoms with Crippen LogP contribution in [0, 0.1) is 0 Å². The van der Waals surface area contributed by atoms with Gasteiger partial charge in [-0.15, -0.1) is 0 Å². The van der Waals surface area contributed by atoms with Crippen LogP contribution in [0.4, 0.5) is 13.2 Å². The Kier molecular flexibility index (Phi) is 6.75. The van der Waals surface area contributed by atoms with Crippen LogP contribution >= 0.6 is 0 Å². The molecule has 0 atom stereocenters. The first-order valence-electron chi connectivity index (χ1n) is 11.1. The molecule has 0 bridgehead atoms. The monoisotopic (exact) mass is 530 g/mol. The van der Waals surface area contributed by atoms with E-state index in [-0.39, 0.29) is 29.6 Å². The highest BCUT2D eigenvalue weighted by molar-refractivity contribution is 7.90. The van der Waals surface area contributed by atoms with E-state index >= 15 is 0 Å². The van der Waals surface area contributed by atoms with Crippen molar-refractivity contribution in [3.05, 3.63) is 59.7 Å². The number of rotatable bonds is 6. The molecule has 2 aromatic rings. The van der Waals surface area contributed by atoms with Crippen molar-refractivity contribution < 1.29 is 34.8 Å². The summed E-state index contributed by atoms with van der Waals surface area (Å²) in [6.45, 7) is 0.395. The maximum absolute atomic E-state index is 13.4. The van der Waals surface area contributed by atoms with E-state index in [0.29, 0.717) is 31.7 Å². The Balaban J connectivity index is 1.54. The van der Waals surface area contributed by atoms with Crippen molar-refractivity contribution in [1.29, 1.82) is 0 Å². The van der Waals surface area contributed by atoms with Crippen LogP contribution in [-0.4, -0.2) is 63.4 Å². The molecular weight excluding hydrogens is 505 g/mol. The first-order chi connectivity index (χ1) is 16.3. The molecule has 1 aliphatic heterocycles. The number of sulfone groups is 1. The highest BCUT2D eigenvalue weighted by Gasteiger charge is 2.44.